The monoisotopic (exact) mass is 340 g/mol. The van der Waals surface area contributed by atoms with E-state index in [9.17, 15) is 0 Å². The van der Waals surface area contributed by atoms with Gasteiger partial charge in [-0.15, -0.1) is 0 Å². The molecular formula is C16H25BrN2O. The third-order valence-electron chi connectivity index (χ3n) is 3.80. The summed E-state index contributed by atoms with van der Waals surface area (Å²) < 4.78 is 7.20. The molecule has 1 aromatic carbocycles. The number of morpholine rings is 1. The summed E-state index contributed by atoms with van der Waals surface area (Å²) in [5.74, 6) is 0. The zero-order valence-corrected chi connectivity index (χ0v) is 14.4. The predicted molar refractivity (Wildman–Crippen MR) is 87.1 cm³/mol. The Hall–Kier alpha value is -0.420. The van der Waals surface area contributed by atoms with Gasteiger partial charge in [-0.25, -0.2) is 0 Å². The van der Waals surface area contributed by atoms with Crippen LogP contribution in [0, 0.1) is 6.92 Å². The van der Waals surface area contributed by atoms with Gasteiger partial charge in [0.1, 0.15) is 0 Å². The van der Waals surface area contributed by atoms with Crippen molar-refractivity contribution >= 4 is 15.9 Å². The van der Waals surface area contributed by atoms with Gasteiger partial charge in [-0.2, -0.15) is 0 Å². The van der Waals surface area contributed by atoms with E-state index in [2.05, 4.69) is 72.2 Å². The molecule has 0 aliphatic carbocycles. The molecule has 0 saturated carbocycles. The van der Waals surface area contributed by atoms with Crippen molar-refractivity contribution in [3.8, 4) is 0 Å². The Morgan fingerprint density at radius 1 is 1.45 bits per heavy atom. The molecule has 1 aromatic rings. The van der Waals surface area contributed by atoms with Crippen molar-refractivity contribution in [2.24, 2.45) is 0 Å². The summed E-state index contributed by atoms with van der Waals surface area (Å²) in [6.07, 6.45) is 0.190. The Bertz CT molecular complexity index is 450. The summed E-state index contributed by atoms with van der Waals surface area (Å²) in [6, 6.07) is 7.36. The molecule has 1 aliphatic rings. The van der Waals surface area contributed by atoms with Crippen LogP contribution in [-0.4, -0.2) is 43.8 Å². The minimum absolute atomic E-state index is 0.190. The molecule has 2 unspecified atom stereocenters. The van der Waals surface area contributed by atoms with Crippen molar-refractivity contribution in [3.05, 3.63) is 33.8 Å². The number of nitrogens with zero attached hydrogens (tertiary/aromatic N) is 1. The molecule has 20 heavy (non-hydrogen) atoms. The van der Waals surface area contributed by atoms with E-state index in [-0.39, 0.29) is 6.10 Å². The first-order chi connectivity index (χ1) is 9.49. The molecule has 1 saturated heterocycles. The number of hydrogen-bond donors (Lipinski definition) is 1. The number of likely N-dealkylation sites (N-methyl/N-ethyl adjacent to an activating group) is 1. The third-order valence-corrected chi connectivity index (χ3v) is 4.49. The van der Waals surface area contributed by atoms with E-state index in [1.54, 1.807) is 0 Å². The van der Waals surface area contributed by atoms with Crippen molar-refractivity contribution < 1.29 is 4.74 Å². The SMILES string of the molecule is Cc1ccc(C2C(CNC(C)C)OCCN2C)c(Br)c1. The number of benzene rings is 1. The molecule has 1 N–H and O–H groups in total. The van der Waals surface area contributed by atoms with Gasteiger partial charge in [0, 0.05) is 23.6 Å². The van der Waals surface area contributed by atoms with Crippen LogP contribution in [0.5, 0.6) is 0 Å². The van der Waals surface area contributed by atoms with Crippen molar-refractivity contribution in [1.29, 1.82) is 0 Å². The maximum Gasteiger partial charge on any atom is 0.0896 e. The van der Waals surface area contributed by atoms with Crippen LogP contribution in [0.4, 0.5) is 0 Å². The summed E-state index contributed by atoms with van der Waals surface area (Å²) in [5.41, 5.74) is 2.59. The lowest BCUT2D eigenvalue weighted by atomic mass is 9.97. The Kier molecular flexibility index (Phi) is 5.61. The number of ether oxygens (including phenoxy) is 1. The molecule has 1 fully saturated rings. The average molecular weight is 341 g/mol. The van der Waals surface area contributed by atoms with E-state index in [0.29, 0.717) is 12.1 Å². The van der Waals surface area contributed by atoms with Crippen molar-refractivity contribution in [1.82, 2.24) is 10.2 Å². The second-order valence-corrected chi connectivity index (χ2v) is 6.78. The topological polar surface area (TPSA) is 24.5 Å². The highest BCUT2D eigenvalue weighted by atomic mass is 79.9. The Morgan fingerprint density at radius 3 is 2.85 bits per heavy atom. The number of hydrogen-bond acceptors (Lipinski definition) is 3. The molecule has 2 atom stereocenters. The van der Waals surface area contributed by atoms with Crippen LogP contribution in [-0.2, 0) is 4.74 Å². The van der Waals surface area contributed by atoms with Crippen LogP contribution in [0.25, 0.3) is 0 Å². The van der Waals surface area contributed by atoms with Crippen molar-refractivity contribution in [3.63, 3.8) is 0 Å². The van der Waals surface area contributed by atoms with E-state index in [4.69, 9.17) is 4.74 Å². The van der Waals surface area contributed by atoms with Crippen molar-refractivity contribution in [2.75, 3.05) is 26.7 Å². The molecular weight excluding hydrogens is 316 g/mol. The lowest BCUT2D eigenvalue weighted by molar-refractivity contribution is -0.0622. The standard InChI is InChI=1S/C16H25BrN2O/c1-11(2)18-10-15-16(19(4)7-8-20-15)13-6-5-12(3)9-14(13)17/h5-6,9,11,15-16,18H,7-8,10H2,1-4H3. The molecule has 0 amide bonds. The molecule has 2 rings (SSSR count). The number of nitrogens with one attached hydrogen (secondary N) is 1. The summed E-state index contributed by atoms with van der Waals surface area (Å²) >= 11 is 3.72. The highest BCUT2D eigenvalue weighted by molar-refractivity contribution is 9.10. The first-order valence-corrected chi connectivity index (χ1v) is 8.09. The maximum atomic E-state index is 6.03. The quantitative estimate of drug-likeness (QED) is 0.911. The van der Waals surface area contributed by atoms with Crippen LogP contribution in [0.3, 0.4) is 0 Å². The van der Waals surface area contributed by atoms with Gasteiger partial charge < -0.3 is 10.1 Å². The van der Waals surface area contributed by atoms with Gasteiger partial charge in [0.25, 0.3) is 0 Å². The smallest absolute Gasteiger partial charge is 0.0896 e. The molecule has 1 aliphatic heterocycles. The van der Waals surface area contributed by atoms with Crippen LogP contribution in [0.1, 0.15) is 31.0 Å². The van der Waals surface area contributed by atoms with Gasteiger partial charge in [-0.05, 0) is 31.2 Å². The highest BCUT2D eigenvalue weighted by Crippen LogP contribution is 2.33. The number of rotatable bonds is 4. The van der Waals surface area contributed by atoms with Gasteiger partial charge in [0.2, 0.25) is 0 Å². The molecule has 0 bridgehead atoms. The van der Waals surface area contributed by atoms with Crippen molar-refractivity contribution in [2.45, 2.75) is 39.0 Å². The Labute approximate surface area is 130 Å². The highest BCUT2D eigenvalue weighted by Gasteiger charge is 2.32. The minimum Gasteiger partial charge on any atom is -0.374 e. The predicted octanol–water partition coefficient (Wildman–Crippen LogP) is 3.13. The number of halogens is 1. The zero-order valence-electron chi connectivity index (χ0n) is 12.8. The van der Waals surface area contributed by atoms with Gasteiger partial charge in [-0.1, -0.05) is 41.9 Å². The Balaban J connectivity index is 2.22. The minimum atomic E-state index is 0.190. The van der Waals surface area contributed by atoms with Gasteiger partial charge in [0.15, 0.2) is 0 Å². The first-order valence-electron chi connectivity index (χ1n) is 7.30. The van der Waals surface area contributed by atoms with Crippen LogP contribution in [0.2, 0.25) is 0 Å². The fourth-order valence-electron chi connectivity index (χ4n) is 2.69. The summed E-state index contributed by atoms with van der Waals surface area (Å²) in [7, 11) is 2.18. The van der Waals surface area contributed by atoms with Gasteiger partial charge in [0.05, 0.1) is 18.8 Å². The Morgan fingerprint density at radius 2 is 2.20 bits per heavy atom. The number of aryl methyl sites for hydroxylation is 1. The summed E-state index contributed by atoms with van der Waals surface area (Å²) in [6.45, 7) is 9.12. The second kappa shape index (κ2) is 7.03. The van der Waals surface area contributed by atoms with Gasteiger partial charge in [-0.3, -0.25) is 4.90 Å². The fraction of sp³-hybridized carbons (Fsp3) is 0.625. The summed E-state index contributed by atoms with van der Waals surface area (Å²) in [4.78, 5) is 2.39. The van der Waals surface area contributed by atoms with E-state index in [1.165, 1.54) is 15.6 Å². The van der Waals surface area contributed by atoms with E-state index in [0.717, 1.165) is 19.7 Å². The average Bonchev–Trinajstić information content (AvgIpc) is 2.37. The lowest BCUT2D eigenvalue weighted by Crippen LogP contribution is -2.48. The van der Waals surface area contributed by atoms with E-state index in [1.807, 2.05) is 0 Å². The molecule has 3 nitrogen and oxygen atoms in total. The van der Waals surface area contributed by atoms with Gasteiger partial charge >= 0.3 is 0 Å². The molecule has 0 radical (unpaired) electrons. The zero-order chi connectivity index (χ0) is 14.7. The largest absolute Gasteiger partial charge is 0.374 e. The normalized spacial score (nSPS) is 24.3. The second-order valence-electron chi connectivity index (χ2n) is 5.92. The van der Waals surface area contributed by atoms with Crippen LogP contribution >= 0.6 is 15.9 Å². The molecule has 1 heterocycles. The van der Waals surface area contributed by atoms with Crippen LogP contribution in [0.15, 0.2) is 22.7 Å². The lowest BCUT2D eigenvalue weighted by Gasteiger charge is -2.40. The van der Waals surface area contributed by atoms with E-state index < -0.39 is 0 Å². The molecule has 0 spiro atoms. The molecule has 112 valence electrons. The molecule has 0 aromatic heterocycles. The fourth-order valence-corrected chi connectivity index (χ4v) is 3.42. The summed E-state index contributed by atoms with van der Waals surface area (Å²) in [5, 5.41) is 3.50. The van der Waals surface area contributed by atoms with E-state index >= 15 is 0 Å². The maximum absolute atomic E-state index is 6.03. The first kappa shape index (κ1) is 16.0. The molecule has 4 heteroatoms. The van der Waals surface area contributed by atoms with Crippen LogP contribution < -0.4 is 5.32 Å². The third kappa shape index (κ3) is 3.82.